The van der Waals surface area contributed by atoms with Crippen LogP contribution in [0.2, 0.25) is 0 Å². The summed E-state index contributed by atoms with van der Waals surface area (Å²) in [5.74, 6) is 9.06. The molecule has 3 N–H and O–H groups in total. The summed E-state index contributed by atoms with van der Waals surface area (Å²) in [5.41, 5.74) is 14.0. The van der Waals surface area contributed by atoms with Crippen molar-refractivity contribution in [2.75, 3.05) is 0 Å². The summed E-state index contributed by atoms with van der Waals surface area (Å²) in [4.78, 5) is 135. The molecule has 135 heavy (non-hydrogen) atoms. The smallest absolute Gasteiger partial charge is 0.335 e. The molecule has 10 saturated carbocycles. The number of amides is 1. The first-order chi connectivity index (χ1) is 63.5. The first kappa shape index (κ1) is 97.2. The number of carbonyl (C=O) groups excluding carboxylic acids is 10. The Hall–Kier alpha value is -8.01. The number of Topliss-reactive ketones (excluding diaryl/α,β-unsaturated/α-hetero) is 3. The van der Waals surface area contributed by atoms with Gasteiger partial charge in [-0.2, -0.15) is 0 Å². The van der Waals surface area contributed by atoms with Gasteiger partial charge in [0.2, 0.25) is 5.91 Å². The molecule has 1 amide bonds. The minimum absolute atomic E-state index is 0.000666. The number of rotatable bonds is 7. The van der Waals surface area contributed by atoms with Crippen molar-refractivity contribution < 1.29 is 72.1 Å². The normalized spacial score (nSPS) is 43.3. The van der Waals surface area contributed by atoms with E-state index in [4.69, 9.17) is 19.9 Å². The van der Waals surface area contributed by atoms with Crippen LogP contribution in [-0.4, -0.2) is 86.4 Å². The lowest BCUT2D eigenvalue weighted by molar-refractivity contribution is -0.206. The first-order valence-electron chi connectivity index (χ1n) is 53.1. The highest BCUT2D eigenvalue weighted by Gasteiger charge is 2.71. The summed E-state index contributed by atoms with van der Waals surface area (Å²) < 4.78 is 18.4. The second-order valence-corrected chi connectivity index (χ2v) is 50.8. The molecule has 0 aromatic heterocycles. The number of carboxylic acids is 1. The molecule has 16 heteroatoms. The number of hydrogen-bond acceptors (Lipinski definition) is 14. The Labute approximate surface area is 804 Å². The SMILES string of the molecule is CC(=O)O[C@]1(C)C(=O)CCC2C3C=C(C)C4=CC(=O)C=C[C@]4(C)C3CC[C@@]21C.CC(C)C[C@@H]1CC2C3C=CC4=CC(=O)CC[C@]4(C)C3CC[C@]2(C)C1=O.CC1(C)CC[C@@]2(CCC3C4CCc5cc(C(=O)O)ccc5C4CC[C@@]32C)OC1=O.CC1(C)CC[C@@]2(CCC3C4CCc5cc(C(N)=O)ccc5C4CCC32C)OC1=O.CCC[C@@H]1CC2C3C=CC4=CC(=O)CC[C@]4(C)C3CC[C@]2(C)C1=O. The van der Waals surface area contributed by atoms with Gasteiger partial charge in [-0.15, -0.1) is 0 Å². The lowest BCUT2D eigenvalue weighted by Crippen LogP contribution is -2.64. The molecule has 2 aliphatic heterocycles. The van der Waals surface area contributed by atoms with E-state index in [1.165, 1.54) is 46.7 Å². The maximum atomic E-state index is 13.2. The average molecular weight is 1840 g/mol. The summed E-state index contributed by atoms with van der Waals surface area (Å²) in [7, 11) is 0. The summed E-state index contributed by atoms with van der Waals surface area (Å²) in [6.45, 7) is 38.5. The summed E-state index contributed by atoms with van der Waals surface area (Å²) in [6, 6.07) is 11.8. The van der Waals surface area contributed by atoms with Crippen LogP contribution in [-0.2, 0) is 70.2 Å². The number of aryl methyl sites for hydroxylation is 2. The Morgan fingerprint density at radius 3 is 1.44 bits per heavy atom. The minimum atomic E-state index is -1.07. The molecule has 12 fully saturated rings. The van der Waals surface area contributed by atoms with E-state index in [0.29, 0.717) is 131 Å². The molecule has 2 spiro atoms. The monoisotopic (exact) mass is 1840 g/mol. The quantitative estimate of drug-likeness (QED) is 0.193. The number of ketones is 6. The fourth-order valence-corrected chi connectivity index (χ4v) is 34.8. The molecule has 2 saturated heterocycles. The van der Waals surface area contributed by atoms with Gasteiger partial charge in [-0.25, -0.2) is 4.79 Å². The predicted molar refractivity (Wildman–Crippen MR) is 523 cm³/mol. The molecule has 16 nitrogen and oxygen atoms in total. The number of primary amides is 1. The van der Waals surface area contributed by atoms with Crippen LogP contribution in [0.15, 0.2) is 119 Å². The van der Waals surface area contributed by atoms with Crippen molar-refractivity contribution in [2.45, 2.75) is 365 Å². The minimum Gasteiger partial charge on any atom is -0.478 e. The number of hydrogen-bond donors (Lipinski definition) is 2. The standard InChI is InChI=1S/C25H33NO3.C25H32O4.C24H30O4.C23H32O2.C22H30O2/c2*1-23(2)12-13-25(29-22(23)28)11-9-20-19-7-4-15-14-16(21(26)27)5-6-17(15)18(19)8-10-24(20,25)3;1-14-12-17-18(22(3)10-8-16(26)13-20(14)22)9-11-23(4)19(17)6-7-21(27)24(23,5)28-15(2)25;1-14(2)11-15-12-20-18-6-5-16-13-17(24)7-9-22(16,3)19(18)8-10-23(20,4)21(15)25;1-4-5-14-12-19-17-7-6-15-13-16(23)8-10-21(15,2)18(17)9-11-22(19,3)20(14)24/h5-6,14,18-20H,4,7-13H2,1-3H3,(H2,26,27);5-6,14,18-20H,4,7-13H2,1-3H3,(H,26,27);8,10,12-13,17-19H,6-7,9,11H2,1-5H3;5-6,13-15,18-20H,7-12H2,1-4H3;6-7,13-14,17-19H,4-5,8-12H2,1-3H3/t18?,19?,20?,24?,25-;18?,19?,20?,24-,25+;17?,18?,19?,22-,23+,24-;15-,18?,19?,20?,22+,23+;14-,17?,18?,19?,21+,22+/m10111/s1. The summed E-state index contributed by atoms with van der Waals surface area (Å²) in [6.07, 6.45) is 53.9. The number of carboxylic acid groups (broad SMARTS) is 1. The Bertz CT molecular complexity index is 5340. The second-order valence-electron chi connectivity index (χ2n) is 50.8. The number of fused-ring (bicyclic) bond motifs is 27. The molecule has 18 aliphatic carbocycles. The van der Waals surface area contributed by atoms with E-state index in [1.54, 1.807) is 18.2 Å². The lowest BCUT2D eigenvalue weighted by atomic mass is 9.43. The van der Waals surface area contributed by atoms with E-state index in [1.807, 2.05) is 65.0 Å². The molecule has 728 valence electrons. The molecule has 2 heterocycles. The Balaban J connectivity index is 0.000000113. The van der Waals surface area contributed by atoms with Gasteiger partial charge in [0.05, 0.1) is 16.4 Å². The maximum absolute atomic E-state index is 13.2. The van der Waals surface area contributed by atoms with Gasteiger partial charge in [0, 0.05) is 76.1 Å². The Kier molecular flexibility index (Phi) is 24.8. The molecule has 16 unspecified atom stereocenters. The van der Waals surface area contributed by atoms with Gasteiger partial charge in [-0.3, -0.25) is 47.9 Å². The van der Waals surface area contributed by atoms with E-state index >= 15 is 0 Å². The zero-order valence-electron chi connectivity index (χ0n) is 84.7. The van der Waals surface area contributed by atoms with Crippen LogP contribution < -0.4 is 5.73 Å². The summed E-state index contributed by atoms with van der Waals surface area (Å²) in [5, 5.41) is 9.33. The molecule has 28 atom stereocenters. The largest absolute Gasteiger partial charge is 0.478 e. The van der Waals surface area contributed by atoms with E-state index in [2.05, 4.69) is 132 Å². The van der Waals surface area contributed by atoms with Crippen LogP contribution in [0, 0.1) is 149 Å². The number of nitrogens with two attached hydrogens (primary N) is 1. The van der Waals surface area contributed by atoms with Crippen LogP contribution in [0.1, 0.15) is 378 Å². The molecule has 2 aromatic carbocycles. The number of ether oxygens (including phenoxy) is 3. The van der Waals surface area contributed by atoms with Gasteiger partial charge < -0.3 is 25.1 Å². The molecule has 0 bridgehead atoms. The maximum Gasteiger partial charge on any atom is 0.335 e. The average Bonchev–Trinajstić information content (AvgIpc) is 1.61. The van der Waals surface area contributed by atoms with Gasteiger partial charge in [0.25, 0.3) is 0 Å². The number of allylic oxidation sites excluding steroid dienone is 14. The molecule has 0 radical (unpaired) electrons. The third-order valence-corrected chi connectivity index (χ3v) is 43.2. The zero-order chi connectivity index (χ0) is 96.8. The van der Waals surface area contributed by atoms with Gasteiger partial charge >= 0.3 is 23.9 Å². The van der Waals surface area contributed by atoms with E-state index in [9.17, 15) is 57.8 Å². The molecule has 20 aliphatic rings. The van der Waals surface area contributed by atoms with Gasteiger partial charge in [-0.1, -0.05) is 137 Å². The van der Waals surface area contributed by atoms with Crippen molar-refractivity contribution >= 4 is 64.5 Å². The predicted octanol–water partition coefficient (Wildman–Crippen LogP) is 24.5. The number of carbonyl (C=O) groups is 11. The van der Waals surface area contributed by atoms with Crippen molar-refractivity contribution in [3.8, 4) is 0 Å². The number of benzene rings is 2. The molecular weight excluding hydrogens is 1680 g/mol. The highest BCUT2D eigenvalue weighted by molar-refractivity contribution is 6.02. The van der Waals surface area contributed by atoms with Crippen LogP contribution in [0.4, 0.5) is 0 Å². The molecule has 2 aromatic rings. The zero-order valence-corrected chi connectivity index (χ0v) is 84.7. The summed E-state index contributed by atoms with van der Waals surface area (Å²) >= 11 is 0. The van der Waals surface area contributed by atoms with Crippen molar-refractivity contribution in [1.29, 1.82) is 0 Å². The van der Waals surface area contributed by atoms with Crippen molar-refractivity contribution in [3.63, 3.8) is 0 Å². The van der Waals surface area contributed by atoms with Crippen molar-refractivity contribution in [3.05, 3.63) is 153 Å². The molecule has 22 rings (SSSR count). The van der Waals surface area contributed by atoms with E-state index in [0.717, 1.165) is 197 Å². The van der Waals surface area contributed by atoms with Crippen molar-refractivity contribution in [2.24, 2.45) is 155 Å². The van der Waals surface area contributed by atoms with Crippen LogP contribution in [0.25, 0.3) is 0 Å². The van der Waals surface area contributed by atoms with E-state index in [-0.39, 0.29) is 130 Å². The van der Waals surface area contributed by atoms with E-state index < -0.39 is 11.6 Å². The Morgan fingerprint density at radius 2 is 0.956 bits per heavy atom. The highest BCUT2D eigenvalue weighted by atomic mass is 16.6. The second kappa shape index (κ2) is 34.5. The lowest BCUT2D eigenvalue weighted by Gasteiger charge is -2.61. The van der Waals surface area contributed by atoms with Crippen molar-refractivity contribution in [1.82, 2.24) is 0 Å². The topological polar surface area (TPSA) is 262 Å². The number of aromatic carboxylic acids is 1. The third kappa shape index (κ3) is 15.5. The third-order valence-electron chi connectivity index (χ3n) is 43.2. The Morgan fingerprint density at radius 1 is 0.481 bits per heavy atom. The van der Waals surface area contributed by atoms with Gasteiger partial charge in [-0.05, 0) is 421 Å². The first-order valence-corrected chi connectivity index (χ1v) is 53.1. The fourth-order valence-electron chi connectivity index (χ4n) is 34.8. The fraction of sp³-hybridized carbons (Fsp3) is 0.689. The van der Waals surface area contributed by atoms with Crippen LogP contribution in [0.5, 0.6) is 0 Å². The van der Waals surface area contributed by atoms with Gasteiger partial charge in [0.1, 0.15) is 22.8 Å². The van der Waals surface area contributed by atoms with Crippen LogP contribution >= 0.6 is 0 Å². The molecular formula is C119H157NO15. The van der Waals surface area contributed by atoms with Crippen LogP contribution in [0.3, 0.4) is 0 Å². The number of esters is 3. The highest BCUT2D eigenvalue weighted by Crippen LogP contribution is 2.73. The van der Waals surface area contributed by atoms with Gasteiger partial charge in [0.15, 0.2) is 28.7 Å².